The van der Waals surface area contributed by atoms with Gasteiger partial charge in [0.25, 0.3) is 0 Å². The van der Waals surface area contributed by atoms with E-state index < -0.39 is 23.9 Å². The van der Waals surface area contributed by atoms with E-state index in [1.54, 1.807) is 26.6 Å². The number of hydrogen-bond acceptors (Lipinski definition) is 7. The molecule has 6 aromatic heterocycles. The van der Waals surface area contributed by atoms with Crippen LogP contribution in [0.1, 0.15) is 46.2 Å². The Morgan fingerprint density at radius 1 is 0.533 bits per heavy atom. The van der Waals surface area contributed by atoms with Gasteiger partial charge < -0.3 is 40.0 Å². The van der Waals surface area contributed by atoms with Gasteiger partial charge in [0, 0.05) is 93.5 Å². The van der Waals surface area contributed by atoms with Crippen LogP contribution >= 0.6 is 0 Å². The molecule has 4 unspecified atom stereocenters. The Balaban J connectivity index is 1.24. The summed E-state index contributed by atoms with van der Waals surface area (Å²) >= 11 is 0. The zero-order chi connectivity index (χ0) is 40.6. The van der Waals surface area contributed by atoms with E-state index in [4.69, 9.17) is 9.47 Å². The fraction of sp³-hybridized carbons (Fsp3) is 0.122. The van der Waals surface area contributed by atoms with Crippen molar-refractivity contribution in [3.63, 3.8) is 0 Å². The van der Waals surface area contributed by atoms with Gasteiger partial charge in [0.05, 0.1) is 38.1 Å². The van der Waals surface area contributed by atoms with Crippen molar-refractivity contribution >= 4 is 60.8 Å². The summed E-state index contributed by atoms with van der Waals surface area (Å²) in [4.78, 5) is 39.3. The van der Waals surface area contributed by atoms with Gasteiger partial charge in [-0.2, -0.15) is 0 Å². The number of aromatic nitrogens is 6. The van der Waals surface area contributed by atoms with Crippen LogP contribution in [-0.4, -0.2) is 49.9 Å². The highest BCUT2D eigenvalue weighted by Gasteiger charge is 2.42. The number of carbonyl (C=O) groups is 1. The Hall–Kier alpha value is -7.79. The maximum Gasteiger partial charge on any atom is 0.214 e. The van der Waals surface area contributed by atoms with Crippen LogP contribution in [0.5, 0.6) is 11.8 Å². The molecule has 0 aliphatic rings. The molecule has 0 aliphatic heterocycles. The normalized spacial score (nSPS) is 13.6. The molecule has 10 rings (SSSR count). The van der Waals surface area contributed by atoms with Crippen LogP contribution in [0.2, 0.25) is 0 Å². The second-order valence-electron chi connectivity index (χ2n) is 15.0. The third-order valence-corrected chi connectivity index (χ3v) is 11.6. The second-order valence-corrected chi connectivity index (χ2v) is 15.0. The maximum atomic E-state index is 16.8. The number of hydrogen-bond donors (Lipinski definition) is 6. The minimum atomic E-state index is -0.748. The number of Topliss-reactive ketones (excluding diaryl/α,β-unsaturated/α-hetero) is 1. The van der Waals surface area contributed by atoms with Gasteiger partial charge in [0.15, 0.2) is 5.78 Å². The number of benzene rings is 4. The summed E-state index contributed by atoms with van der Waals surface area (Å²) < 4.78 is 11.2. The number of ketones is 1. The molecule has 4 aromatic carbocycles. The first-order valence-corrected chi connectivity index (χ1v) is 19.9. The van der Waals surface area contributed by atoms with Gasteiger partial charge in [-0.1, -0.05) is 48.5 Å². The van der Waals surface area contributed by atoms with E-state index >= 15 is 4.79 Å². The Morgan fingerprint density at radius 3 is 1.47 bits per heavy atom. The third-order valence-electron chi connectivity index (χ3n) is 11.6. The lowest BCUT2D eigenvalue weighted by Gasteiger charge is -2.35. The van der Waals surface area contributed by atoms with Crippen LogP contribution < -0.4 is 20.1 Å². The minimum Gasteiger partial charge on any atom is -0.481 e. The van der Waals surface area contributed by atoms with Crippen molar-refractivity contribution in [3.8, 4) is 11.8 Å². The Kier molecular flexibility index (Phi) is 9.45. The molecule has 0 bridgehead atoms. The minimum absolute atomic E-state index is 0.00452. The molecule has 60 heavy (non-hydrogen) atoms. The predicted octanol–water partition coefficient (Wildman–Crippen LogP) is 10.6. The number of methoxy groups -OCH3 is 2. The lowest BCUT2D eigenvalue weighted by molar-refractivity contribution is -0.122. The quantitative estimate of drug-likeness (QED) is 0.0642. The number of anilines is 2. The third kappa shape index (κ3) is 6.75. The molecule has 11 heteroatoms. The Labute approximate surface area is 345 Å². The summed E-state index contributed by atoms with van der Waals surface area (Å²) in [5, 5.41) is 11.7. The predicted molar refractivity (Wildman–Crippen MR) is 238 cm³/mol. The van der Waals surface area contributed by atoms with Gasteiger partial charge in [-0.15, -0.1) is 0 Å². The lowest BCUT2D eigenvalue weighted by Crippen LogP contribution is -2.34. The number of nitrogens with one attached hydrogen (secondary N) is 6. The molecule has 0 saturated carbocycles. The zero-order valence-electron chi connectivity index (χ0n) is 32.9. The van der Waals surface area contributed by atoms with E-state index in [1.807, 2.05) is 85.5 Å². The topological polar surface area (TPSA) is 149 Å². The molecular formula is C49H42N8O3. The van der Waals surface area contributed by atoms with E-state index in [1.165, 1.54) is 0 Å². The summed E-state index contributed by atoms with van der Waals surface area (Å²) in [6, 6.07) is 39.5. The summed E-state index contributed by atoms with van der Waals surface area (Å²) in [5.41, 5.74) is 9.05. The van der Waals surface area contributed by atoms with Gasteiger partial charge in [-0.05, 0) is 93.7 Å². The van der Waals surface area contributed by atoms with Gasteiger partial charge in [0.1, 0.15) is 0 Å². The zero-order valence-corrected chi connectivity index (χ0v) is 32.9. The molecule has 0 amide bonds. The summed E-state index contributed by atoms with van der Waals surface area (Å²) in [6.45, 7) is 0. The molecule has 296 valence electrons. The highest BCUT2D eigenvalue weighted by Crippen LogP contribution is 2.47. The summed E-state index contributed by atoms with van der Waals surface area (Å²) in [7, 11) is 3.20. The van der Waals surface area contributed by atoms with Crippen LogP contribution in [-0.2, 0) is 4.79 Å². The average Bonchev–Trinajstić information content (AvgIpc) is 4.13. The number of fused-ring (bicyclic) bond motifs is 4. The number of H-pyrrole nitrogens is 4. The summed E-state index contributed by atoms with van der Waals surface area (Å²) in [6.07, 6.45) is 11.3. The SMILES string of the molecule is COc1cc(NC(c2ccc3[nH]ccc3c2)C(C(=O)C(c2c[nH]c3ccccc23)C(Nc2ccnc(OC)c2)c2ccc3[nH]ccc3c2)c2c[nH]c3ccccc23)ccn1. The van der Waals surface area contributed by atoms with Crippen LogP contribution in [0.25, 0.3) is 43.6 Å². The largest absolute Gasteiger partial charge is 0.481 e. The van der Waals surface area contributed by atoms with Crippen molar-refractivity contribution < 1.29 is 14.3 Å². The molecule has 11 nitrogen and oxygen atoms in total. The van der Waals surface area contributed by atoms with Crippen molar-refractivity contribution in [2.45, 2.75) is 23.9 Å². The van der Waals surface area contributed by atoms with Gasteiger partial charge in [-0.25, -0.2) is 9.97 Å². The van der Waals surface area contributed by atoms with E-state index in [-0.39, 0.29) is 5.78 Å². The van der Waals surface area contributed by atoms with Crippen LogP contribution in [0.4, 0.5) is 11.4 Å². The monoisotopic (exact) mass is 790 g/mol. The number of ether oxygens (including phenoxy) is 2. The maximum absolute atomic E-state index is 16.8. The van der Waals surface area contributed by atoms with Crippen molar-refractivity contribution in [3.05, 3.63) is 181 Å². The average molecular weight is 791 g/mol. The first-order chi connectivity index (χ1) is 29.5. The van der Waals surface area contributed by atoms with E-state index in [0.29, 0.717) is 11.8 Å². The van der Waals surface area contributed by atoms with Crippen LogP contribution in [0.3, 0.4) is 0 Å². The number of aromatic amines is 4. The number of carbonyl (C=O) groups excluding carboxylic acids is 1. The Bertz CT molecular complexity index is 2910. The van der Waals surface area contributed by atoms with Crippen molar-refractivity contribution in [2.24, 2.45) is 0 Å². The molecule has 10 aromatic rings. The summed E-state index contributed by atoms with van der Waals surface area (Å²) in [5.74, 6) is -0.567. The molecule has 6 heterocycles. The van der Waals surface area contributed by atoms with Crippen molar-refractivity contribution in [2.75, 3.05) is 24.9 Å². The second kappa shape index (κ2) is 15.5. The van der Waals surface area contributed by atoms with Crippen LogP contribution in [0.15, 0.2) is 159 Å². The molecule has 4 atom stereocenters. The smallest absolute Gasteiger partial charge is 0.214 e. The molecule has 0 spiro atoms. The number of pyridine rings is 2. The number of nitrogens with zero attached hydrogens (tertiary/aromatic N) is 2. The van der Waals surface area contributed by atoms with Gasteiger partial charge in [0.2, 0.25) is 11.8 Å². The van der Waals surface area contributed by atoms with Gasteiger partial charge >= 0.3 is 0 Å². The van der Waals surface area contributed by atoms with E-state index in [9.17, 15) is 0 Å². The highest BCUT2D eigenvalue weighted by molar-refractivity contribution is 6.01. The molecule has 0 radical (unpaired) electrons. The molecule has 0 saturated heterocycles. The number of rotatable bonds is 14. The molecule has 0 aliphatic carbocycles. The van der Waals surface area contributed by atoms with Gasteiger partial charge in [-0.3, -0.25) is 4.79 Å². The first kappa shape index (κ1) is 36.5. The van der Waals surface area contributed by atoms with Crippen molar-refractivity contribution in [1.29, 1.82) is 0 Å². The first-order valence-electron chi connectivity index (χ1n) is 19.9. The van der Waals surface area contributed by atoms with Crippen molar-refractivity contribution in [1.82, 2.24) is 29.9 Å². The molecule has 0 fully saturated rings. The molecule has 6 N–H and O–H groups in total. The lowest BCUT2D eigenvalue weighted by atomic mass is 9.73. The van der Waals surface area contributed by atoms with Crippen LogP contribution in [0, 0.1) is 0 Å². The number of para-hydroxylation sites is 2. The fourth-order valence-corrected chi connectivity index (χ4v) is 8.72. The molecular weight excluding hydrogens is 749 g/mol. The highest BCUT2D eigenvalue weighted by atomic mass is 16.5. The Morgan fingerprint density at radius 2 is 1.00 bits per heavy atom. The standard InChI is InChI=1S/C49H42N8O3/c1-59-43-25-33(17-21-52-43)56-47(31-11-13-39-29(23-31)15-19-50-39)45(37-27-54-41-9-5-3-7-35(37)41)49(58)46(38-28-55-42-10-6-4-8-36(38)42)48(57-34-18-22-53-44(26-34)60-2)32-12-14-40-30(24-32)16-20-51-40/h3-28,45-48,50-51,54-55H,1-2H3,(H,52,56)(H,53,57). The fourth-order valence-electron chi connectivity index (χ4n) is 8.72. The van der Waals surface area contributed by atoms with E-state index in [2.05, 4.69) is 101 Å². The van der Waals surface area contributed by atoms with E-state index in [0.717, 1.165) is 77.2 Å².